The van der Waals surface area contributed by atoms with Gasteiger partial charge >= 0.3 is 0 Å². The zero-order valence-corrected chi connectivity index (χ0v) is 10.9. The molecule has 2 aromatic rings. The Kier molecular flexibility index (Phi) is 3.60. The molecule has 0 aliphatic heterocycles. The molecular weight excluding hydrogens is 283 g/mol. The number of aliphatic hydroxyl groups excluding tert-OH is 1. The van der Waals surface area contributed by atoms with E-state index in [9.17, 15) is 9.50 Å². The van der Waals surface area contributed by atoms with Crippen molar-refractivity contribution in [2.45, 2.75) is 13.0 Å². The maximum absolute atomic E-state index is 13.9. The Morgan fingerprint density at radius 2 is 1.71 bits per heavy atom. The van der Waals surface area contributed by atoms with Crippen LogP contribution in [0.25, 0.3) is 0 Å². The fraction of sp³-hybridized carbons (Fsp3) is 0.143. The molecule has 0 aliphatic carbocycles. The molecule has 0 aromatic heterocycles. The molecule has 17 heavy (non-hydrogen) atoms. The van der Waals surface area contributed by atoms with Crippen molar-refractivity contribution in [3.63, 3.8) is 0 Å². The van der Waals surface area contributed by atoms with Gasteiger partial charge in [0.05, 0.1) is 4.47 Å². The molecule has 0 amide bonds. The molecule has 0 heterocycles. The summed E-state index contributed by atoms with van der Waals surface area (Å²) in [7, 11) is 0. The number of hydrogen-bond donors (Lipinski definition) is 1. The predicted molar refractivity (Wildman–Crippen MR) is 69.3 cm³/mol. The Bertz CT molecular complexity index is 539. The van der Waals surface area contributed by atoms with E-state index in [4.69, 9.17) is 0 Å². The standard InChI is InChI=1S/C14H12BrFO/c1-9-5-2-3-6-10(9)14(17)11-7-4-8-12(15)13(11)16/h2-8,14,17H,1H3. The van der Waals surface area contributed by atoms with Crippen molar-refractivity contribution in [1.29, 1.82) is 0 Å². The van der Waals surface area contributed by atoms with E-state index in [0.29, 0.717) is 4.47 Å². The number of halogens is 2. The first-order chi connectivity index (χ1) is 8.11. The Hall–Kier alpha value is -1.19. The van der Waals surface area contributed by atoms with Crippen molar-refractivity contribution < 1.29 is 9.50 Å². The average Bonchev–Trinajstić information content (AvgIpc) is 2.32. The third kappa shape index (κ3) is 2.40. The Morgan fingerprint density at radius 3 is 2.41 bits per heavy atom. The summed E-state index contributed by atoms with van der Waals surface area (Å²) in [6.45, 7) is 1.90. The Labute approximate surface area is 108 Å². The SMILES string of the molecule is Cc1ccccc1C(O)c1cccc(Br)c1F. The second-order valence-electron chi connectivity index (χ2n) is 3.90. The largest absolute Gasteiger partial charge is 0.384 e. The second kappa shape index (κ2) is 4.98. The summed E-state index contributed by atoms with van der Waals surface area (Å²) < 4.78 is 14.2. The van der Waals surface area contributed by atoms with Crippen LogP contribution in [0.1, 0.15) is 22.8 Å². The lowest BCUT2D eigenvalue weighted by atomic mass is 9.97. The minimum Gasteiger partial charge on any atom is -0.384 e. The normalized spacial score (nSPS) is 12.5. The van der Waals surface area contributed by atoms with Gasteiger partial charge in [-0.25, -0.2) is 4.39 Å². The summed E-state index contributed by atoms with van der Waals surface area (Å²) >= 11 is 3.12. The fourth-order valence-corrected chi connectivity index (χ4v) is 2.17. The van der Waals surface area contributed by atoms with Crippen LogP contribution in [0.2, 0.25) is 0 Å². The highest BCUT2D eigenvalue weighted by Crippen LogP contribution is 2.29. The molecule has 1 unspecified atom stereocenters. The van der Waals surface area contributed by atoms with Crippen molar-refractivity contribution in [3.05, 3.63) is 69.4 Å². The molecule has 2 rings (SSSR count). The zero-order valence-electron chi connectivity index (χ0n) is 9.32. The lowest BCUT2D eigenvalue weighted by Crippen LogP contribution is -2.04. The van der Waals surface area contributed by atoms with Gasteiger partial charge in [-0.1, -0.05) is 36.4 Å². The highest BCUT2D eigenvalue weighted by atomic mass is 79.9. The summed E-state index contributed by atoms with van der Waals surface area (Å²) in [6, 6.07) is 12.4. The van der Waals surface area contributed by atoms with E-state index in [0.717, 1.165) is 11.1 Å². The van der Waals surface area contributed by atoms with Crippen molar-refractivity contribution in [3.8, 4) is 0 Å². The van der Waals surface area contributed by atoms with Crippen molar-refractivity contribution >= 4 is 15.9 Å². The van der Waals surface area contributed by atoms with Crippen LogP contribution in [0.15, 0.2) is 46.9 Å². The third-order valence-electron chi connectivity index (χ3n) is 2.76. The number of rotatable bonds is 2. The minimum absolute atomic E-state index is 0.286. The molecule has 0 aliphatic rings. The van der Waals surface area contributed by atoms with Crippen LogP contribution in [0, 0.1) is 12.7 Å². The van der Waals surface area contributed by atoms with Gasteiger partial charge in [0.25, 0.3) is 0 Å². The van der Waals surface area contributed by atoms with Crippen LogP contribution in [0.4, 0.5) is 4.39 Å². The smallest absolute Gasteiger partial charge is 0.143 e. The van der Waals surface area contributed by atoms with E-state index in [-0.39, 0.29) is 5.56 Å². The number of aryl methyl sites for hydroxylation is 1. The summed E-state index contributed by atoms with van der Waals surface area (Å²) in [5, 5.41) is 10.2. The van der Waals surface area contributed by atoms with Gasteiger partial charge in [0.15, 0.2) is 0 Å². The first-order valence-electron chi connectivity index (χ1n) is 5.28. The van der Waals surface area contributed by atoms with E-state index in [1.807, 2.05) is 25.1 Å². The van der Waals surface area contributed by atoms with E-state index in [1.54, 1.807) is 24.3 Å². The maximum Gasteiger partial charge on any atom is 0.143 e. The van der Waals surface area contributed by atoms with E-state index in [1.165, 1.54) is 0 Å². The number of hydrogen-bond acceptors (Lipinski definition) is 1. The summed E-state index contributed by atoms with van der Waals surface area (Å²) in [6.07, 6.45) is -0.936. The third-order valence-corrected chi connectivity index (χ3v) is 3.37. The quantitative estimate of drug-likeness (QED) is 0.888. The van der Waals surface area contributed by atoms with Gasteiger partial charge in [-0.2, -0.15) is 0 Å². The van der Waals surface area contributed by atoms with Gasteiger partial charge in [0.2, 0.25) is 0 Å². The molecule has 0 bridgehead atoms. The van der Waals surface area contributed by atoms with Crippen molar-refractivity contribution in [1.82, 2.24) is 0 Å². The van der Waals surface area contributed by atoms with Crippen LogP contribution in [-0.4, -0.2) is 5.11 Å². The van der Waals surface area contributed by atoms with Crippen molar-refractivity contribution in [2.75, 3.05) is 0 Å². The van der Waals surface area contributed by atoms with Gasteiger partial charge in [0, 0.05) is 5.56 Å². The van der Waals surface area contributed by atoms with Crippen LogP contribution < -0.4 is 0 Å². The summed E-state index contributed by atoms with van der Waals surface area (Å²) in [4.78, 5) is 0. The molecule has 2 aromatic carbocycles. The molecule has 0 radical (unpaired) electrons. The van der Waals surface area contributed by atoms with Gasteiger partial charge in [-0.15, -0.1) is 0 Å². The van der Waals surface area contributed by atoms with E-state index >= 15 is 0 Å². The van der Waals surface area contributed by atoms with E-state index < -0.39 is 11.9 Å². The molecule has 1 N–H and O–H groups in total. The van der Waals surface area contributed by atoms with Crippen molar-refractivity contribution in [2.24, 2.45) is 0 Å². The lowest BCUT2D eigenvalue weighted by molar-refractivity contribution is 0.214. The molecule has 0 saturated heterocycles. The highest BCUT2D eigenvalue weighted by molar-refractivity contribution is 9.10. The second-order valence-corrected chi connectivity index (χ2v) is 4.76. The monoisotopic (exact) mass is 294 g/mol. The molecular formula is C14H12BrFO. The van der Waals surface area contributed by atoms with Gasteiger partial charge < -0.3 is 5.11 Å². The minimum atomic E-state index is -0.936. The Balaban J connectivity index is 2.48. The molecule has 0 fully saturated rings. The topological polar surface area (TPSA) is 20.2 Å². The molecule has 0 saturated carbocycles. The molecule has 1 atom stereocenters. The van der Waals surface area contributed by atoms with Gasteiger partial charge in [0.1, 0.15) is 11.9 Å². The fourth-order valence-electron chi connectivity index (χ4n) is 1.79. The van der Waals surface area contributed by atoms with E-state index in [2.05, 4.69) is 15.9 Å². The van der Waals surface area contributed by atoms with Gasteiger partial charge in [-0.05, 0) is 40.0 Å². The predicted octanol–water partition coefficient (Wildman–Crippen LogP) is 3.98. The van der Waals surface area contributed by atoms with Gasteiger partial charge in [-0.3, -0.25) is 0 Å². The lowest BCUT2D eigenvalue weighted by Gasteiger charge is -2.15. The zero-order chi connectivity index (χ0) is 12.4. The molecule has 1 nitrogen and oxygen atoms in total. The van der Waals surface area contributed by atoms with Crippen LogP contribution in [-0.2, 0) is 0 Å². The average molecular weight is 295 g/mol. The highest BCUT2D eigenvalue weighted by Gasteiger charge is 2.17. The summed E-state index contributed by atoms with van der Waals surface area (Å²) in [5.74, 6) is -0.414. The molecule has 0 spiro atoms. The number of aliphatic hydroxyl groups is 1. The first-order valence-corrected chi connectivity index (χ1v) is 6.08. The molecule has 3 heteroatoms. The Morgan fingerprint density at radius 1 is 1.06 bits per heavy atom. The van der Waals surface area contributed by atoms with Crippen LogP contribution in [0.3, 0.4) is 0 Å². The maximum atomic E-state index is 13.9. The summed E-state index contributed by atoms with van der Waals surface area (Å²) in [5.41, 5.74) is 1.96. The first kappa shape index (κ1) is 12.3. The number of benzene rings is 2. The van der Waals surface area contributed by atoms with Crippen LogP contribution >= 0.6 is 15.9 Å². The molecule has 88 valence electrons. The van der Waals surface area contributed by atoms with Crippen LogP contribution in [0.5, 0.6) is 0 Å².